The number of benzene rings is 1. The molecule has 4 aromatic rings. The van der Waals surface area contributed by atoms with E-state index in [4.69, 9.17) is 0 Å². The smallest absolute Gasteiger partial charge is 0.268 e. The zero-order chi connectivity index (χ0) is 16.7. The number of hydrogen-bond donors (Lipinski definition) is 0. The summed E-state index contributed by atoms with van der Waals surface area (Å²) in [5.74, 6) is -0.155. The van der Waals surface area contributed by atoms with E-state index < -0.39 is 0 Å². The number of rotatable bonds is 2. The Morgan fingerprint density at radius 2 is 1.88 bits per heavy atom. The molecule has 1 amide bonds. The van der Waals surface area contributed by atoms with Gasteiger partial charge in [-0.3, -0.25) is 14.0 Å². The van der Waals surface area contributed by atoms with Crippen LogP contribution in [-0.2, 0) is 0 Å². The van der Waals surface area contributed by atoms with E-state index in [9.17, 15) is 9.59 Å². The summed E-state index contributed by atoms with van der Waals surface area (Å²) < 4.78 is 1.49. The molecule has 1 aromatic carbocycles. The third kappa shape index (κ3) is 2.28. The Balaban J connectivity index is 1.83. The van der Waals surface area contributed by atoms with Crippen molar-refractivity contribution in [2.45, 2.75) is 0 Å². The molecular weight excluding hydrogens is 322 g/mol. The van der Waals surface area contributed by atoms with Crippen molar-refractivity contribution in [3.63, 3.8) is 0 Å². The van der Waals surface area contributed by atoms with Gasteiger partial charge in [0.25, 0.3) is 11.5 Å². The van der Waals surface area contributed by atoms with Gasteiger partial charge in [-0.05, 0) is 30.3 Å². The fourth-order valence-electron chi connectivity index (χ4n) is 2.59. The fraction of sp³-hybridized carbons (Fsp3) is 0.0556. The van der Waals surface area contributed by atoms with Crippen LogP contribution in [0.25, 0.3) is 15.9 Å². The van der Waals surface area contributed by atoms with E-state index >= 15 is 0 Å². The lowest BCUT2D eigenvalue weighted by Gasteiger charge is -2.15. The molecule has 0 atom stereocenters. The Bertz CT molecular complexity index is 1120. The molecule has 0 N–H and O–H groups in total. The minimum atomic E-state index is -0.159. The molecule has 0 saturated carbocycles. The Kier molecular flexibility index (Phi) is 3.39. The van der Waals surface area contributed by atoms with Crippen LogP contribution in [0.15, 0.2) is 65.6 Å². The van der Waals surface area contributed by atoms with Gasteiger partial charge in [-0.1, -0.05) is 24.3 Å². The van der Waals surface area contributed by atoms with Gasteiger partial charge in [-0.15, -0.1) is 11.3 Å². The summed E-state index contributed by atoms with van der Waals surface area (Å²) in [7, 11) is 1.72. The zero-order valence-corrected chi connectivity index (χ0v) is 13.7. The molecule has 0 spiro atoms. The lowest BCUT2D eigenvalue weighted by Crippen LogP contribution is -2.25. The summed E-state index contributed by atoms with van der Waals surface area (Å²) in [6.07, 6.45) is 1.68. The van der Waals surface area contributed by atoms with Gasteiger partial charge in [0, 0.05) is 18.9 Å². The topological polar surface area (TPSA) is 54.7 Å². The summed E-state index contributed by atoms with van der Waals surface area (Å²) in [6.45, 7) is 0. The van der Waals surface area contributed by atoms with Crippen LogP contribution in [-0.4, -0.2) is 22.3 Å². The van der Waals surface area contributed by atoms with Crippen molar-refractivity contribution in [3.8, 4) is 0 Å². The van der Waals surface area contributed by atoms with Crippen molar-refractivity contribution in [2.24, 2.45) is 0 Å². The van der Waals surface area contributed by atoms with Gasteiger partial charge >= 0.3 is 0 Å². The van der Waals surface area contributed by atoms with Gasteiger partial charge in [0.1, 0.15) is 10.5 Å². The van der Waals surface area contributed by atoms with Gasteiger partial charge in [0.2, 0.25) is 0 Å². The predicted molar refractivity (Wildman–Crippen MR) is 96.0 cm³/mol. The van der Waals surface area contributed by atoms with Crippen molar-refractivity contribution >= 4 is 38.8 Å². The molecule has 3 aromatic heterocycles. The highest BCUT2D eigenvalue weighted by atomic mass is 32.1. The van der Waals surface area contributed by atoms with Crippen molar-refractivity contribution in [1.29, 1.82) is 0 Å². The molecule has 0 radical (unpaired) electrons. The van der Waals surface area contributed by atoms with E-state index in [2.05, 4.69) is 4.98 Å². The molecular formula is C18H13N3O2S. The molecule has 0 aliphatic heterocycles. The average molecular weight is 335 g/mol. The molecule has 24 heavy (non-hydrogen) atoms. The van der Waals surface area contributed by atoms with Crippen LogP contribution in [0.2, 0.25) is 0 Å². The summed E-state index contributed by atoms with van der Waals surface area (Å²) in [5, 5.41) is 0.466. The number of aromatic nitrogens is 2. The number of nitrogens with zero attached hydrogens (tertiary/aromatic N) is 3. The highest BCUT2D eigenvalue weighted by molar-refractivity contribution is 7.20. The molecule has 0 bridgehead atoms. The Morgan fingerprint density at radius 3 is 2.67 bits per heavy atom. The summed E-state index contributed by atoms with van der Waals surface area (Å²) in [5.41, 5.74) is 1.22. The van der Waals surface area contributed by atoms with Crippen molar-refractivity contribution < 1.29 is 4.79 Å². The first kappa shape index (κ1) is 14.6. The largest absolute Gasteiger partial charge is 0.311 e. The van der Waals surface area contributed by atoms with E-state index in [0.29, 0.717) is 20.7 Å². The van der Waals surface area contributed by atoms with Gasteiger partial charge in [0.05, 0.1) is 10.3 Å². The van der Waals surface area contributed by atoms with Crippen LogP contribution in [0.5, 0.6) is 0 Å². The summed E-state index contributed by atoms with van der Waals surface area (Å²) in [4.78, 5) is 32.4. The number of carbonyl (C=O) groups excluding carboxylic acids is 1. The Labute approximate surface area is 141 Å². The maximum absolute atomic E-state index is 12.7. The maximum atomic E-state index is 12.7. The molecule has 6 heteroatoms. The molecule has 0 fully saturated rings. The van der Waals surface area contributed by atoms with E-state index in [1.165, 1.54) is 15.7 Å². The number of anilines is 1. The standard InChI is InChI=1S/C18H13N3O2S/c1-20(12-7-3-2-4-8-12)18(23)14-11-13-16(24-14)19-15-9-5-6-10-21(15)17(13)22/h2-11H,1H3. The molecule has 3 heterocycles. The number of pyridine rings is 1. The SMILES string of the molecule is CN(C(=O)c1cc2c(=O)n3ccccc3nc2s1)c1ccccc1. The predicted octanol–water partition coefficient (Wildman–Crippen LogP) is 3.19. The molecule has 5 nitrogen and oxygen atoms in total. The van der Waals surface area contributed by atoms with E-state index in [1.54, 1.807) is 36.3 Å². The quantitative estimate of drug-likeness (QED) is 0.565. The van der Waals surface area contributed by atoms with Crippen molar-refractivity contribution in [1.82, 2.24) is 9.38 Å². The van der Waals surface area contributed by atoms with Gasteiger partial charge in [0.15, 0.2) is 0 Å². The zero-order valence-electron chi connectivity index (χ0n) is 12.8. The van der Waals surface area contributed by atoms with Crippen LogP contribution < -0.4 is 10.5 Å². The normalized spacial score (nSPS) is 11.0. The number of fused-ring (bicyclic) bond motifs is 2. The Hall–Kier alpha value is -2.99. The molecule has 0 aliphatic carbocycles. The van der Waals surface area contributed by atoms with E-state index in [0.717, 1.165) is 5.69 Å². The average Bonchev–Trinajstić information content (AvgIpc) is 3.06. The van der Waals surface area contributed by atoms with Crippen LogP contribution >= 0.6 is 11.3 Å². The minimum absolute atomic E-state index is 0.155. The second kappa shape index (κ2) is 5.58. The van der Waals surface area contributed by atoms with Gasteiger partial charge in [-0.2, -0.15) is 0 Å². The number of amides is 1. The van der Waals surface area contributed by atoms with Crippen LogP contribution in [0.4, 0.5) is 5.69 Å². The molecule has 0 unspecified atom stereocenters. The number of para-hydroxylation sites is 1. The van der Waals surface area contributed by atoms with Crippen molar-refractivity contribution in [2.75, 3.05) is 11.9 Å². The first-order valence-corrected chi connectivity index (χ1v) is 8.21. The van der Waals surface area contributed by atoms with Crippen LogP contribution in [0.3, 0.4) is 0 Å². The van der Waals surface area contributed by atoms with Crippen LogP contribution in [0, 0.1) is 0 Å². The van der Waals surface area contributed by atoms with E-state index in [-0.39, 0.29) is 11.5 Å². The summed E-state index contributed by atoms with van der Waals surface area (Å²) in [6, 6.07) is 16.4. The fourth-order valence-corrected chi connectivity index (χ4v) is 3.59. The minimum Gasteiger partial charge on any atom is -0.311 e. The molecule has 118 valence electrons. The van der Waals surface area contributed by atoms with Gasteiger partial charge < -0.3 is 4.90 Å². The number of thiophene rings is 1. The lowest BCUT2D eigenvalue weighted by molar-refractivity contribution is 0.0997. The molecule has 0 aliphatic rings. The third-order valence-electron chi connectivity index (χ3n) is 3.88. The highest BCUT2D eigenvalue weighted by Crippen LogP contribution is 2.24. The van der Waals surface area contributed by atoms with Crippen molar-refractivity contribution in [3.05, 3.63) is 76.0 Å². The first-order valence-electron chi connectivity index (χ1n) is 7.39. The maximum Gasteiger partial charge on any atom is 0.268 e. The monoisotopic (exact) mass is 335 g/mol. The Morgan fingerprint density at radius 1 is 1.12 bits per heavy atom. The second-order valence-corrected chi connectivity index (χ2v) is 6.41. The second-order valence-electron chi connectivity index (χ2n) is 5.37. The molecule has 0 saturated heterocycles. The van der Waals surface area contributed by atoms with Crippen LogP contribution in [0.1, 0.15) is 9.67 Å². The van der Waals surface area contributed by atoms with Gasteiger partial charge in [-0.25, -0.2) is 4.98 Å². The summed E-state index contributed by atoms with van der Waals surface area (Å²) >= 11 is 1.24. The lowest BCUT2D eigenvalue weighted by atomic mass is 10.2. The highest BCUT2D eigenvalue weighted by Gasteiger charge is 2.18. The third-order valence-corrected chi connectivity index (χ3v) is 4.89. The first-order chi connectivity index (χ1) is 11.6. The molecule has 4 rings (SSSR count). The number of carbonyl (C=O) groups is 1. The van der Waals surface area contributed by atoms with E-state index in [1.807, 2.05) is 36.4 Å². The number of hydrogen-bond acceptors (Lipinski definition) is 4.